The van der Waals surface area contributed by atoms with Crippen molar-refractivity contribution in [3.63, 3.8) is 0 Å². The maximum Gasteiger partial charge on any atom is 0.437 e. The molecule has 3 rings (SSSR count). The first-order valence-corrected chi connectivity index (χ1v) is 16.8. The van der Waals surface area contributed by atoms with Crippen LogP contribution >= 0.6 is 0 Å². The van der Waals surface area contributed by atoms with Gasteiger partial charge in [0.05, 0.1) is 7.11 Å². The number of ether oxygens (including phenoxy) is 3. The summed E-state index contributed by atoms with van der Waals surface area (Å²) < 4.78 is 15.5. The minimum Gasteiger partial charge on any atom is -0.469 e. The van der Waals surface area contributed by atoms with Gasteiger partial charge in [0.1, 0.15) is 19.8 Å². The summed E-state index contributed by atoms with van der Waals surface area (Å²) in [5, 5.41) is 4.05. The SMILES string of the molecule is COC(=O)CCCCCCCCCCCCN(OCc1ccccc1)/C(=N/C(=O)OCc1ccccc1)NC(=O)OCc1ccccc1. The van der Waals surface area contributed by atoms with E-state index in [4.69, 9.17) is 14.3 Å². The molecular weight excluding hydrogens is 610 g/mol. The molecule has 0 unspecified atom stereocenters. The molecule has 1 N–H and O–H groups in total. The largest absolute Gasteiger partial charge is 0.469 e. The number of guanidine groups is 1. The number of nitrogens with zero attached hydrogens (tertiary/aromatic N) is 2. The number of alkyl carbamates (subject to hydrolysis) is 1. The van der Waals surface area contributed by atoms with E-state index >= 15 is 0 Å². The molecule has 2 amide bonds. The average molecular weight is 660 g/mol. The quantitative estimate of drug-likeness (QED) is 0.0321. The molecule has 0 saturated carbocycles. The highest BCUT2D eigenvalue weighted by molar-refractivity contribution is 5.98. The number of rotatable bonds is 20. The zero-order valence-electron chi connectivity index (χ0n) is 28.0. The Hall–Kier alpha value is -4.70. The van der Waals surface area contributed by atoms with Crippen LogP contribution in [0.4, 0.5) is 9.59 Å². The number of aliphatic imine (C=N–C) groups is 1. The standard InChI is InChI=1S/C38H49N3O7/c1-45-35(42)27-19-8-6-4-2-3-5-7-9-20-28-41(48-31-34-25-17-12-18-26-34)36(39-37(43)46-29-32-21-13-10-14-22-32)40-38(44)47-30-33-23-15-11-16-24-33/h10-18,21-26H,2-9,19-20,27-31H2,1H3,(H,39,40,43,44). The van der Waals surface area contributed by atoms with Crippen LogP contribution in [0.3, 0.4) is 0 Å². The lowest BCUT2D eigenvalue weighted by atomic mass is 10.1. The number of unbranched alkanes of at least 4 members (excludes halogenated alkanes) is 9. The van der Waals surface area contributed by atoms with E-state index in [0.29, 0.717) is 13.0 Å². The molecule has 0 saturated heterocycles. The summed E-state index contributed by atoms with van der Waals surface area (Å²) >= 11 is 0. The molecule has 0 atom stereocenters. The Morgan fingerprint density at radius 3 is 1.58 bits per heavy atom. The molecule has 10 nitrogen and oxygen atoms in total. The van der Waals surface area contributed by atoms with Gasteiger partial charge in [0.15, 0.2) is 0 Å². The third-order valence-corrected chi connectivity index (χ3v) is 7.51. The summed E-state index contributed by atoms with van der Waals surface area (Å²) in [6.45, 7) is 0.681. The number of carbonyl (C=O) groups is 3. The first kappa shape index (κ1) is 37.8. The highest BCUT2D eigenvalue weighted by Crippen LogP contribution is 2.13. The average Bonchev–Trinajstić information content (AvgIpc) is 3.12. The first-order chi connectivity index (χ1) is 23.5. The Kier molecular flexibility index (Phi) is 18.6. The molecule has 0 spiro atoms. The number of benzene rings is 3. The second-order valence-electron chi connectivity index (χ2n) is 11.4. The molecule has 258 valence electrons. The molecule has 0 aliphatic carbocycles. The van der Waals surface area contributed by atoms with E-state index in [1.807, 2.05) is 91.0 Å². The van der Waals surface area contributed by atoms with Crippen molar-refractivity contribution in [2.45, 2.75) is 90.4 Å². The maximum atomic E-state index is 12.9. The van der Waals surface area contributed by atoms with E-state index in [0.717, 1.165) is 74.5 Å². The lowest BCUT2D eigenvalue weighted by Crippen LogP contribution is -2.45. The summed E-state index contributed by atoms with van der Waals surface area (Å²) in [4.78, 5) is 47.2. The van der Waals surface area contributed by atoms with Crippen molar-refractivity contribution in [2.75, 3.05) is 13.7 Å². The van der Waals surface area contributed by atoms with E-state index in [-0.39, 0.29) is 31.7 Å². The van der Waals surface area contributed by atoms with Crippen molar-refractivity contribution in [2.24, 2.45) is 4.99 Å². The van der Waals surface area contributed by atoms with Crippen molar-refractivity contribution < 1.29 is 33.4 Å². The number of carbonyl (C=O) groups excluding carboxylic acids is 3. The van der Waals surface area contributed by atoms with Crippen LogP contribution in [0.2, 0.25) is 0 Å². The van der Waals surface area contributed by atoms with Crippen molar-refractivity contribution >= 4 is 24.1 Å². The summed E-state index contributed by atoms with van der Waals surface area (Å²) in [5.74, 6) is -0.242. The Bertz CT molecular complexity index is 1350. The predicted octanol–water partition coefficient (Wildman–Crippen LogP) is 8.50. The highest BCUT2D eigenvalue weighted by Gasteiger charge is 2.19. The van der Waals surface area contributed by atoms with Gasteiger partial charge in [-0.3, -0.25) is 14.9 Å². The molecule has 48 heavy (non-hydrogen) atoms. The Labute approximate surface area is 284 Å². The van der Waals surface area contributed by atoms with E-state index in [9.17, 15) is 14.4 Å². The van der Waals surface area contributed by atoms with Crippen molar-refractivity contribution in [1.29, 1.82) is 0 Å². The zero-order chi connectivity index (χ0) is 34.1. The van der Waals surface area contributed by atoms with Gasteiger partial charge in [-0.1, -0.05) is 142 Å². The molecule has 3 aromatic carbocycles. The molecule has 10 heteroatoms. The van der Waals surface area contributed by atoms with Crippen molar-refractivity contribution in [3.8, 4) is 0 Å². The van der Waals surface area contributed by atoms with Gasteiger partial charge in [-0.25, -0.2) is 14.7 Å². The molecule has 0 heterocycles. The highest BCUT2D eigenvalue weighted by atomic mass is 16.7. The van der Waals surface area contributed by atoms with Crippen LogP contribution in [-0.2, 0) is 43.7 Å². The fourth-order valence-electron chi connectivity index (χ4n) is 4.83. The van der Waals surface area contributed by atoms with Gasteiger partial charge < -0.3 is 14.2 Å². The first-order valence-electron chi connectivity index (χ1n) is 16.8. The Morgan fingerprint density at radius 1 is 0.604 bits per heavy atom. The van der Waals surface area contributed by atoms with Gasteiger partial charge >= 0.3 is 18.2 Å². The lowest BCUT2D eigenvalue weighted by molar-refractivity contribution is -0.140. The lowest BCUT2D eigenvalue weighted by Gasteiger charge is -2.25. The van der Waals surface area contributed by atoms with Gasteiger partial charge in [-0.2, -0.15) is 0 Å². The summed E-state index contributed by atoms with van der Waals surface area (Å²) in [7, 11) is 1.43. The number of nitrogens with one attached hydrogen (secondary N) is 1. The molecule has 0 aliphatic rings. The number of hydrogen-bond acceptors (Lipinski definition) is 7. The van der Waals surface area contributed by atoms with Gasteiger partial charge in [-0.15, -0.1) is 4.99 Å². The van der Waals surface area contributed by atoms with E-state index in [2.05, 4.69) is 15.0 Å². The second kappa shape index (κ2) is 23.6. The fraction of sp³-hybridized carbons (Fsp3) is 0.421. The summed E-state index contributed by atoms with van der Waals surface area (Å²) in [5.41, 5.74) is 2.56. The predicted molar refractivity (Wildman–Crippen MR) is 185 cm³/mol. The summed E-state index contributed by atoms with van der Waals surface area (Å²) in [6.07, 6.45) is 9.25. The van der Waals surface area contributed by atoms with Crippen LogP contribution < -0.4 is 5.32 Å². The Balaban J connectivity index is 1.57. The molecule has 0 aromatic heterocycles. The molecular formula is C38H49N3O7. The molecule has 0 aliphatic heterocycles. The fourth-order valence-corrected chi connectivity index (χ4v) is 4.83. The van der Waals surface area contributed by atoms with Crippen molar-refractivity contribution in [3.05, 3.63) is 108 Å². The minimum absolute atomic E-state index is 0.0350. The number of methoxy groups -OCH3 is 1. The topological polar surface area (TPSA) is 116 Å². The van der Waals surface area contributed by atoms with E-state index in [1.165, 1.54) is 18.6 Å². The Morgan fingerprint density at radius 2 is 1.06 bits per heavy atom. The number of amides is 2. The molecule has 3 aromatic rings. The molecule has 0 bridgehead atoms. The smallest absolute Gasteiger partial charge is 0.437 e. The van der Waals surface area contributed by atoms with E-state index in [1.54, 1.807) is 0 Å². The molecule has 0 radical (unpaired) electrons. The van der Waals surface area contributed by atoms with Crippen LogP contribution in [0.15, 0.2) is 96.0 Å². The van der Waals surface area contributed by atoms with Crippen LogP contribution in [0.5, 0.6) is 0 Å². The van der Waals surface area contributed by atoms with Gasteiger partial charge in [0, 0.05) is 13.0 Å². The summed E-state index contributed by atoms with van der Waals surface area (Å²) in [6, 6.07) is 28.2. The minimum atomic E-state index is -0.865. The van der Waals surface area contributed by atoms with Crippen molar-refractivity contribution in [1.82, 2.24) is 10.4 Å². The zero-order valence-corrected chi connectivity index (χ0v) is 28.0. The molecule has 0 fully saturated rings. The number of esters is 1. The van der Waals surface area contributed by atoms with Crippen LogP contribution in [0.25, 0.3) is 0 Å². The number of hydrogen-bond donors (Lipinski definition) is 1. The van der Waals surface area contributed by atoms with E-state index < -0.39 is 12.2 Å². The third kappa shape index (κ3) is 16.7. The number of hydroxylamine groups is 2. The van der Waals surface area contributed by atoms with Gasteiger partial charge in [-0.05, 0) is 29.5 Å². The van der Waals surface area contributed by atoms with Crippen LogP contribution in [-0.4, -0.2) is 42.8 Å². The third-order valence-electron chi connectivity index (χ3n) is 7.51. The second-order valence-corrected chi connectivity index (χ2v) is 11.4. The van der Waals surface area contributed by atoms with Gasteiger partial charge in [0.2, 0.25) is 5.96 Å². The maximum absolute atomic E-state index is 12.9. The van der Waals surface area contributed by atoms with Gasteiger partial charge in [0.25, 0.3) is 0 Å². The monoisotopic (exact) mass is 659 g/mol. The van der Waals surface area contributed by atoms with Crippen LogP contribution in [0, 0.1) is 0 Å². The van der Waals surface area contributed by atoms with Crippen LogP contribution in [0.1, 0.15) is 87.3 Å². The normalized spacial score (nSPS) is 11.1.